The highest BCUT2D eigenvalue weighted by atomic mass is 79.9. The van der Waals surface area contributed by atoms with Crippen LogP contribution in [-0.2, 0) is 9.53 Å². The lowest BCUT2D eigenvalue weighted by Crippen LogP contribution is -2.39. The van der Waals surface area contributed by atoms with Crippen LogP contribution in [0.2, 0.25) is 0 Å². The topological polar surface area (TPSA) is 92.3 Å². The van der Waals surface area contributed by atoms with Crippen LogP contribution < -0.4 is 24.4 Å². The van der Waals surface area contributed by atoms with Crippen molar-refractivity contribution in [2.24, 2.45) is 4.99 Å². The molecule has 0 fully saturated rings. The summed E-state index contributed by atoms with van der Waals surface area (Å²) in [5.41, 5.74) is 2.12. The van der Waals surface area contributed by atoms with Gasteiger partial charge in [0.15, 0.2) is 16.3 Å². The lowest BCUT2D eigenvalue weighted by atomic mass is 9.95. The van der Waals surface area contributed by atoms with E-state index in [1.165, 1.54) is 15.9 Å². The van der Waals surface area contributed by atoms with Crippen LogP contribution in [0.15, 0.2) is 84.5 Å². The SMILES string of the molecule is CCOC(=O)C1=C(C)N=c2s/c(=C\c3ccc(-c4cccc(Br)c4)o3)c(=O)n2[C@H]1c1ccc2c(c1)OCO2. The number of allylic oxidation sites excluding steroid dienone is 1. The zero-order valence-corrected chi connectivity index (χ0v) is 22.8. The summed E-state index contributed by atoms with van der Waals surface area (Å²) in [6, 6.07) is 16.1. The van der Waals surface area contributed by atoms with Crippen molar-refractivity contribution >= 4 is 39.3 Å². The minimum absolute atomic E-state index is 0.117. The zero-order chi connectivity index (χ0) is 26.4. The van der Waals surface area contributed by atoms with Crippen LogP contribution in [-0.4, -0.2) is 23.9 Å². The third-order valence-electron chi connectivity index (χ3n) is 6.24. The molecule has 0 saturated heterocycles. The normalized spacial score (nSPS) is 16.4. The monoisotopic (exact) mass is 592 g/mol. The lowest BCUT2D eigenvalue weighted by molar-refractivity contribution is -0.139. The molecule has 0 N–H and O–H groups in total. The maximum absolute atomic E-state index is 13.8. The largest absolute Gasteiger partial charge is 0.463 e. The van der Waals surface area contributed by atoms with Crippen molar-refractivity contribution in [1.29, 1.82) is 0 Å². The second-order valence-electron chi connectivity index (χ2n) is 8.63. The number of nitrogens with zero attached hydrogens (tertiary/aromatic N) is 2. The van der Waals surface area contributed by atoms with E-state index in [1.54, 1.807) is 32.1 Å². The molecule has 10 heteroatoms. The van der Waals surface area contributed by atoms with Crippen molar-refractivity contribution in [2.75, 3.05) is 13.4 Å². The van der Waals surface area contributed by atoms with Crippen LogP contribution in [0.1, 0.15) is 31.2 Å². The van der Waals surface area contributed by atoms with Crippen molar-refractivity contribution in [3.8, 4) is 22.8 Å². The van der Waals surface area contributed by atoms with Crippen molar-refractivity contribution < 1.29 is 23.4 Å². The second-order valence-corrected chi connectivity index (χ2v) is 10.6. The Morgan fingerprint density at radius 1 is 1.18 bits per heavy atom. The van der Waals surface area contributed by atoms with E-state index < -0.39 is 12.0 Å². The highest BCUT2D eigenvalue weighted by Crippen LogP contribution is 2.38. The first-order valence-electron chi connectivity index (χ1n) is 11.9. The minimum Gasteiger partial charge on any atom is -0.463 e. The number of benzene rings is 2. The molecule has 4 heterocycles. The summed E-state index contributed by atoms with van der Waals surface area (Å²) >= 11 is 4.72. The van der Waals surface area contributed by atoms with Gasteiger partial charge in [0.1, 0.15) is 11.5 Å². The predicted octanol–water partition coefficient (Wildman–Crippen LogP) is 4.55. The van der Waals surface area contributed by atoms with Gasteiger partial charge < -0.3 is 18.6 Å². The fourth-order valence-electron chi connectivity index (χ4n) is 4.55. The van der Waals surface area contributed by atoms with Crippen molar-refractivity contribution in [2.45, 2.75) is 19.9 Å². The number of hydrogen-bond donors (Lipinski definition) is 0. The molecular weight excluding hydrogens is 572 g/mol. The standard InChI is InChI=1S/C28H21BrN2O6S/c1-3-34-27(33)24-15(2)30-28-31(25(24)17-7-9-21-22(12-17)36-14-35-21)26(32)23(38-28)13-19-8-10-20(37-19)16-5-4-6-18(29)11-16/h4-13,25H,3,14H2,1-2H3/b23-13-/t25-/m0/s1. The van der Waals surface area contributed by atoms with E-state index in [-0.39, 0.29) is 19.0 Å². The molecule has 0 aliphatic carbocycles. The van der Waals surface area contributed by atoms with E-state index in [9.17, 15) is 9.59 Å². The average molecular weight is 593 g/mol. The third-order valence-corrected chi connectivity index (χ3v) is 7.71. The van der Waals surface area contributed by atoms with Gasteiger partial charge in [-0.05, 0) is 55.8 Å². The summed E-state index contributed by atoms with van der Waals surface area (Å²) in [5.74, 6) is 1.86. The van der Waals surface area contributed by atoms with Crippen LogP contribution >= 0.6 is 27.3 Å². The number of aromatic nitrogens is 1. The molecule has 0 bridgehead atoms. The van der Waals surface area contributed by atoms with E-state index in [2.05, 4.69) is 20.9 Å². The molecule has 2 aliphatic rings. The van der Waals surface area contributed by atoms with E-state index in [4.69, 9.17) is 18.6 Å². The van der Waals surface area contributed by atoms with E-state index >= 15 is 0 Å². The number of hydrogen-bond acceptors (Lipinski definition) is 8. The highest BCUT2D eigenvalue weighted by Gasteiger charge is 2.34. The molecule has 0 amide bonds. The minimum atomic E-state index is -0.740. The molecule has 4 aromatic rings. The van der Waals surface area contributed by atoms with Gasteiger partial charge in [-0.2, -0.15) is 0 Å². The molecule has 0 spiro atoms. The fourth-order valence-corrected chi connectivity index (χ4v) is 5.97. The Hall–Kier alpha value is -3.89. The maximum atomic E-state index is 13.8. The molecule has 2 aromatic heterocycles. The number of ether oxygens (including phenoxy) is 3. The third kappa shape index (κ3) is 4.29. The summed E-state index contributed by atoms with van der Waals surface area (Å²) in [6.07, 6.45) is 1.70. The zero-order valence-electron chi connectivity index (χ0n) is 20.4. The summed E-state index contributed by atoms with van der Waals surface area (Å²) in [6.45, 7) is 3.81. The predicted molar refractivity (Wildman–Crippen MR) is 145 cm³/mol. The molecule has 0 radical (unpaired) electrons. The smallest absolute Gasteiger partial charge is 0.338 e. The number of thiazole rings is 1. The van der Waals surface area contributed by atoms with E-state index in [0.29, 0.717) is 49.2 Å². The Morgan fingerprint density at radius 3 is 2.84 bits per heavy atom. The van der Waals surface area contributed by atoms with E-state index in [1.807, 2.05) is 42.5 Å². The van der Waals surface area contributed by atoms with E-state index in [0.717, 1.165) is 10.0 Å². The fraction of sp³-hybridized carbons (Fsp3) is 0.179. The van der Waals surface area contributed by atoms with Crippen LogP contribution in [0.4, 0.5) is 0 Å². The number of carbonyl (C=O) groups excluding carboxylic acids is 1. The highest BCUT2D eigenvalue weighted by molar-refractivity contribution is 9.10. The number of fused-ring (bicyclic) bond motifs is 2. The summed E-state index contributed by atoms with van der Waals surface area (Å²) in [5, 5.41) is 0. The quantitative estimate of drug-likeness (QED) is 0.316. The Balaban J connectivity index is 1.48. The van der Waals surface area contributed by atoms with Crippen LogP contribution in [0.25, 0.3) is 17.4 Å². The molecule has 6 rings (SSSR count). The second kappa shape index (κ2) is 9.77. The summed E-state index contributed by atoms with van der Waals surface area (Å²) < 4.78 is 25.3. The molecule has 0 saturated carbocycles. The maximum Gasteiger partial charge on any atom is 0.338 e. The molecule has 38 heavy (non-hydrogen) atoms. The number of halogens is 1. The van der Waals surface area contributed by atoms with Gasteiger partial charge in [0.05, 0.1) is 28.5 Å². The lowest BCUT2D eigenvalue weighted by Gasteiger charge is -2.24. The number of furan rings is 1. The Kier molecular flexibility index (Phi) is 6.29. The molecule has 2 aromatic carbocycles. The first-order chi connectivity index (χ1) is 18.4. The van der Waals surface area contributed by atoms with Gasteiger partial charge in [0.2, 0.25) is 6.79 Å². The molecule has 8 nitrogen and oxygen atoms in total. The first-order valence-corrected chi connectivity index (χ1v) is 13.5. The molecular formula is C28H21BrN2O6S. The van der Waals surface area contributed by atoms with Gasteiger partial charge in [-0.3, -0.25) is 9.36 Å². The van der Waals surface area contributed by atoms with Gasteiger partial charge in [0, 0.05) is 16.1 Å². The van der Waals surface area contributed by atoms with Crippen LogP contribution in [0.3, 0.4) is 0 Å². The molecule has 0 unspecified atom stereocenters. The summed E-state index contributed by atoms with van der Waals surface area (Å²) in [7, 11) is 0. The number of rotatable bonds is 5. The average Bonchev–Trinajstić information content (AvgIpc) is 3.63. The van der Waals surface area contributed by atoms with Gasteiger partial charge in [-0.1, -0.05) is 45.5 Å². The van der Waals surface area contributed by atoms with Gasteiger partial charge in [-0.15, -0.1) is 0 Å². The summed E-state index contributed by atoms with van der Waals surface area (Å²) in [4.78, 5) is 32.0. The van der Waals surface area contributed by atoms with Crippen molar-refractivity contribution in [3.63, 3.8) is 0 Å². The van der Waals surface area contributed by atoms with Gasteiger partial charge in [-0.25, -0.2) is 9.79 Å². The van der Waals surface area contributed by atoms with Crippen LogP contribution in [0.5, 0.6) is 11.5 Å². The van der Waals surface area contributed by atoms with Gasteiger partial charge in [0.25, 0.3) is 5.56 Å². The Labute approximate surface area is 229 Å². The number of esters is 1. The molecule has 1 atom stereocenters. The molecule has 2 aliphatic heterocycles. The first kappa shape index (κ1) is 24.4. The van der Waals surface area contributed by atoms with Gasteiger partial charge >= 0.3 is 5.97 Å². The van der Waals surface area contributed by atoms with Crippen molar-refractivity contribution in [1.82, 2.24) is 4.57 Å². The number of carbonyl (C=O) groups is 1. The van der Waals surface area contributed by atoms with Crippen molar-refractivity contribution in [3.05, 3.63) is 101 Å². The van der Waals surface area contributed by atoms with Crippen LogP contribution in [0, 0.1) is 0 Å². The Morgan fingerprint density at radius 2 is 2.03 bits per heavy atom. The Bertz CT molecular complexity index is 1800. The molecule has 192 valence electrons.